The fourth-order valence-electron chi connectivity index (χ4n) is 1.95. The molecule has 0 unspecified atom stereocenters. The summed E-state index contributed by atoms with van der Waals surface area (Å²) in [5, 5.41) is 4.94. The number of hydrogen-bond acceptors (Lipinski definition) is 3. The van der Waals surface area contributed by atoms with Crippen LogP contribution in [0.1, 0.15) is 68.0 Å². The SMILES string of the molecule is CCCCc1nc(C(C)C)c(CNC2CC2)s1. The maximum absolute atomic E-state index is 4.82. The lowest BCUT2D eigenvalue weighted by molar-refractivity contribution is 0.680. The molecule has 17 heavy (non-hydrogen) atoms. The first-order valence-electron chi connectivity index (χ1n) is 6.92. The molecular formula is C14H24N2S. The van der Waals surface area contributed by atoms with Gasteiger partial charge in [-0.1, -0.05) is 27.2 Å². The van der Waals surface area contributed by atoms with Gasteiger partial charge in [-0.15, -0.1) is 11.3 Å². The van der Waals surface area contributed by atoms with Crippen molar-refractivity contribution in [3.8, 4) is 0 Å². The van der Waals surface area contributed by atoms with E-state index in [2.05, 4.69) is 26.1 Å². The first-order valence-corrected chi connectivity index (χ1v) is 7.74. The Labute approximate surface area is 109 Å². The molecular weight excluding hydrogens is 228 g/mol. The molecule has 1 saturated carbocycles. The summed E-state index contributed by atoms with van der Waals surface area (Å²) in [6.07, 6.45) is 6.40. The zero-order valence-electron chi connectivity index (χ0n) is 11.3. The van der Waals surface area contributed by atoms with Crippen molar-refractivity contribution in [2.45, 2.75) is 71.4 Å². The molecule has 0 radical (unpaired) electrons. The molecule has 0 saturated heterocycles. The lowest BCUT2D eigenvalue weighted by atomic mass is 10.1. The Bertz CT molecular complexity index is 353. The third kappa shape index (κ3) is 3.78. The van der Waals surface area contributed by atoms with Crippen molar-refractivity contribution < 1.29 is 0 Å². The Morgan fingerprint density at radius 2 is 2.18 bits per heavy atom. The molecule has 0 aromatic carbocycles. The van der Waals surface area contributed by atoms with Crippen LogP contribution >= 0.6 is 11.3 Å². The first-order chi connectivity index (χ1) is 8.20. The summed E-state index contributed by atoms with van der Waals surface area (Å²) in [7, 11) is 0. The highest BCUT2D eigenvalue weighted by Gasteiger charge is 2.22. The highest BCUT2D eigenvalue weighted by atomic mass is 32.1. The van der Waals surface area contributed by atoms with Gasteiger partial charge in [0, 0.05) is 17.5 Å². The van der Waals surface area contributed by atoms with E-state index in [4.69, 9.17) is 4.98 Å². The topological polar surface area (TPSA) is 24.9 Å². The van der Waals surface area contributed by atoms with Gasteiger partial charge in [-0.25, -0.2) is 4.98 Å². The van der Waals surface area contributed by atoms with Crippen LogP contribution in [-0.2, 0) is 13.0 Å². The molecule has 2 nitrogen and oxygen atoms in total. The highest BCUT2D eigenvalue weighted by Crippen LogP contribution is 2.27. The average Bonchev–Trinajstić information content (AvgIpc) is 3.03. The molecule has 0 spiro atoms. The normalized spacial score (nSPS) is 15.8. The molecule has 1 N–H and O–H groups in total. The van der Waals surface area contributed by atoms with Crippen molar-refractivity contribution in [3.05, 3.63) is 15.6 Å². The number of nitrogens with one attached hydrogen (secondary N) is 1. The van der Waals surface area contributed by atoms with Gasteiger partial charge in [-0.3, -0.25) is 0 Å². The molecule has 1 aromatic heterocycles. The maximum Gasteiger partial charge on any atom is 0.0931 e. The van der Waals surface area contributed by atoms with E-state index in [0.29, 0.717) is 5.92 Å². The predicted molar refractivity (Wildman–Crippen MR) is 74.7 cm³/mol. The van der Waals surface area contributed by atoms with Gasteiger partial charge in [0.1, 0.15) is 0 Å². The Hall–Kier alpha value is -0.410. The fourth-order valence-corrected chi connectivity index (χ4v) is 3.17. The minimum absolute atomic E-state index is 0.553. The van der Waals surface area contributed by atoms with Gasteiger partial charge in [0.25, 0.3) is 0 Å². The van der Waals surface area contributed by atoms with Gasteiger partial charge in [-0.05, 0) is 31.6 Å². The summed E-state index contributed by atoms with van der Waals surface area (Å²) < 4.78 is 0. The zero-order valence-corrected chi connectivity index (χ0v) is 12.1. The number of thiazole rings is 1. The number of nitrogens with zero attached hydrogens (tertiary/aromatic N) is 1. The van der Waals surface area contributed by atoms with E-state index in [-0.39, 0.29) is 0 Å². The minimum atomic E-state index is 0.553. The van der Waals surface area contributed by atoms with Crippen LogP contribution in [0, 0.1) is 0 Å². The summed E-state index contributed by atoms with van der Waals surface area (Å²) in [5.74, 6) is 0.553. The molecule has 2 rings (SSSR count). The van der Waals surface area contributed by atoms with Gasteiger partial charge in [0.2, 0.25) is 0 Å². The molecule has 1 aromatic rings. The number of aryl methyl sites for hydroxylation is 1. The predicted octanol–water partition coefficient (Wildman–Crippen LogP) is 3.86. The quantitative estimate of drug-likeness (QED) is 0.797. The highest BCUT2D eigenvalue weighted by molar-refractivity contribution is 7.11. The monoisotopic (exact) mass is 252 g/mol. The molecule has 0 aliphatic heterocycles. The number of unbranched alkanes of at least 4 members (excludes halogenated alkanes) is 1. The fraction of sp³-hybridized carbons (Fsp3) is 0.786. The van der Waals surface area contributed by atoms with Gasteiger partial charge in [0.05, 0.1) is 10.7 Å². The van der Waals surface area contributed by atoms with Gasteiger partial charge in [-0.2, -0.15) is 0 Å². The minimum Gasteiger partial charge on any atom is -0.309 e. The van der Waals surface area contributed by atoms with Crippen molar-refractivity contribution in [2.24, 2.45) is 0 Å². The molecule has 0 bridgehead atoms. The molecule has 1 heterocycles. The van der Waals surface area contributed by atoms with Gasteiger partial charge in [0.15, 0.2) is 0 Å². The first kappa shape index (κ1) is 13.0. The molecule has 1 aliphatic rings. The van der Waals surface area contributed by atoms with Crippen LogP contribution in [0.2, 0.25) is 0 Å². The smallest absolute Gasteiger partial charge is 0.0931 e. The molecule has 0 amide bonds. The van der Waals surface area contributed by atoms with Gasteiger partial charge < -0.3 is 5.32 Å². The van der Waals surface area contributed by atoms with Crippen LogP contribution in [0.4, 0.5) is 0 Å². The van der Waals surface area contributed by atoms with Crippen molar-refractivity contribution in [2.75, 3.05) is 0 Å². The molecule has 1 aliphatic carbocycles. The third-order valence-corrected chi connectivity index (χ3v) is 4.32. The average molecular weight is 252 g/mol. The van der Waals surface area contributed by atoms with Crippen molar-refractivity contribution in [1.29, 1.82) is 0 Å². The second-order valence-corrected chi connectivity index (χ2v) is 6.50. The lowest BCUT2D eigenvalue weighted by Crippen LogP contribution is -2.15. The Morgan fingerprint density at radius 3 is 2.76 bits per heavy atom. The van der Waals surface area contributed by atoms with E-state index in [1.54, 1.807) is 0 Å². The van der Waals surface area contributed by atoms with Crippen LogP contribution in [0.25, 0.3) is 0 Å². The van der Waals surface area contributed by atoms with E-state index in [9.17, 15) is 0 Å². The van der Waals surface area contributed by atoms with Crippen molar-refractivity contribution in [1.82, 2.24) is 10.3 Å². The van der Waals surface area contributed by atoms with E-state index in [1.165, 1.54) is 41.3 Å². The van der Waals surface area contributed by atoms with Crippen molar-refractivity contribution in [3.63, 3.8) is 0 Å². The third-order valence-electron chi connectivity index (χ3n) is 3.19. The second-order valence-electron chi connectivity index (χ2n) is 5.33. The molecule has 0 atom stereocenters. The molecule has 3 heteroatoms. The van der Waals surface area contributed by atoms with E-state index >= 15 is 0 Å². The summed E-state index contributed by atoms with van der Waals surface area (Å²) in [6, 6.07) is 0.788. The number of hydrogen-bond donors (Lipinski definition) is 1. The van der Waals surface area contributed by atoms with Crippen LogP contribution in [0.15, 0.2) is 0 Å². The molecule has 1 fully saturated rings. The van der Waals surface area contributed by atoms with Crippen LogP contribution in [0.5, 0.6) is 0 Å². The number of aromatic nitrogens is 1. The van der Waals surface area contributed by atoms with E-state index in [1.807, 2.05) is 11.3 Å². The van der Waals surface area contributed by atoms with Crippen molar-refractivity contribution >= 4 is 11.3 Å². The van der Waals surface area contributed by atoms with Crippen LogP contribution < -0.4 is 5.32 Å². The molecule has 96 valence electrons. The summed E-state index contributed by atoms with van der Waals surface area (Å²) in [4.78, 5) is 6.29. The maximum atomic E-state index is 4.82. The van der Waals surface area contributed by atoms with Crippen LogP contribution in [0.3, 0.4) is 0 Å². The Balaban J connectivity index is 2.01. The standard InChI is InChI=1S/C14H24N2S/c1-4-5-6-13-16-14(10(2)3)12(17-13)9-15-11-7-8-11/h10-11,15H,4-9H2,1-3H3. The van der Waals surface area contributed by atoms with Gasteiger partial charge >= 0.3 is 0 Å². The summed E-state index contributed by atoms with van der Waals surface area (Å²) >= 11 is 1.92. The van der Waals surface area contributed by atoms with Crippen LogP contribution in [-0.4, -0.2) is 11.0 Å². The zero-order chi connectivity index (χ0) is 12.3. The van der Waals surface area contributed by atoms with E-state index in [0.717, 1.165) is 19.0 Å². The second kappa shape index (κ2) is 5.96. The summed E-state index contributed by atoms with van der Waals surface area (Å²) in [6.45, 7) is 7.77. The number of rotatable bonds is 7. The Kier molecular flexibility index (Phi) is 4.57. The lowest BCUT2D eigenvalue weighted by Gasteiger charge is -2.05. The van der Waals surface area contributed by atoms with E-state index < -0.39 is 0 Å². The largest absolute Gasteiger partial charge is 0.309 e. The Morgan fingerprint density at radius 1 is 1.41 bits per heavy atom. The summed E-state index contributed by atoms with van der Waals surface area (Å²) in [5.41, 5.74) is 1.33.